The Morgan fingerprint density at radius 1 is 0.943 bits per heavy atom. The van der Waals surface area contributed by atoms with Gasteiger partial charge in [0, 0.05) is 24.0 Å². The lowest BCUT2D eigenvalue weighted by atomic mass is 10.2. The largest absolute Gasteiger partial charge is 0.497 e. The van der Waals surface area contributed by atoms with E-state index in [2.05, 4.69) is 0 Å². The number of nitro benzene ring substituents is 1. The third-order valence-electron chi connectivity index (χ3n) is 5.41. The Balaban J connectivity index is 1.78. The second kappa shape index (κ2) is 10.5. The number of aromatic nitrogens is 2. The number of rotatable bonds is 9. The topological polar surface area (TPSA) is 106 Å². The number of benzene rings is 3. The van der Waals surface area contributed by atoms with Gasteiger partial charge in [-0.15, -0.1) is 0 Å². The minimum Gasteiger partial charge on any atom is -0.497 e. The van der Waals surface area contributed by atoms with Crippen LogP contribution in [0.5, 0.6) is 17.2 Å². The van der Waals surface area contributed by atoms with Crippen LogP contribution in [0.1, 0.15) is 11.1 Å². The standard InChI is InChI=1S/C25H23N3O6S/c1-32-19-9-7-16(8-10-19)14-27-24(29)20-12-22(33-2)23(34-3)13-21(20)26-25(27)35-15-17-5-4-6-18(11-17)28(30)31/h4-13H,14-15H2,1-3H3. The van der Waals surface area contributed by atoms with Gasteiger partial charge in [-0.2, -0.15) is 0 Å². The second-order valence-electron chi connectivity index (χ2n) is 7.57. The second-order valence-corrected chi connectivity index (χ2v) is 8.52. The summed E-state index contributed by atoms with van der Waals surface area (Å²) in [6.07, 6.45) is 0. The summed E-state index contributed by atoms with van der Waals surface area (Å²) in [5.74, 6) is 2.02. The summed E-state index contributed by atoms with van der Waals surface area (Å²) >= 11 is 1.33. The van der Waals surface area contributed by atoms with Gasteiger partial charge in [0.25, 0.3) is 11.2 Å². The van der Waals surface area contributed by atoms with Crippen molar-refractivity contribution in [3.63, 3.8) is 0 Å². The van der Waals surface area contributed by atoms with Crippen molar-refractivity contribution in [2.24, 2.45) is 0 Å². The molecule has 1 heterocycles. The normalized spacial score (nSPS) is 10.8. The van der Waals surface area contributed by atoms with Crippen LogP contribution in [0.3, 0.4) is 0 Å². The highest BCUT2D eigenvalue weighted by Gasteiger charge is 2.17. The zero-order valence-corrected chi connectivity index (χ0v) is 20.2. The van der Waals surface area contributed by atoms with E-state index in [-0.39, 0.29) is 17.8 Å². The molecule has 0 spiro atoms. The number of ether oxygens (including phenoxy) is 3. The Labute approximate surface area is 205 Å². The number of non-ortho nitro benzene ring substituents is 1. The van der Waals surface area contributed by atoms with E-state index < -0.39 is 4.92 Å². The molecule has 4 rings (SSSR count). The molecule has 0 unspecified atom stereocenters. The van der Waals surface area contributed by atoms with Crippen LogP contribution >= 0.6 is 11.8 Å². The summed E-state index contributed by atoms with van der Waals surface area (Å²) in [5, 5.41) is 12.0. The third-order valence-corrected chi connectivity index (χ3v) is 6.46. The maximum Gasteiger partial charge on any atom is 0.269 e. The molecule has 0 saturated carbocycles. The van der Waals surface area contributed by atoms with Crippen molar-refractivity contribution in [1.29, 1.82) is 0 Å². The number of hydrogen-bond donors (Lipinski definition) is 0. The van der Waals surface area contributed by atoms with Crippen molar-refractivity contribution < 1.29 is 19.1 Å². The van der Waals surface area contributed by atoms with Crippen LogP contribution in [0.4, 0.5) is 5.69 Å². The van der Waals surface area contributed by atoms with Crippen molar-refractivity contribution in [1.82, 2.24) is 9.55 Å². The van der Waals surface area contributed by atoms with Gasteiger partial charge in [0.05, 0.1) is 43.7 Å². The van der Waals surface area contributed by atoms with Gasteiger partial charge in [0.15, 0.2) is 16.7 Å². The first-order valence-electron chi connectivity index (χ1n) is 10.6. The molecule has 0 radical (unpaired) electrons. The number of fused-ring (bicyclic) bond motifs is 1. The van der Waals surface area contributed by atoms with E-state index >= 15 is 0 Å². The summed E-state index contributed by atoms with van der Waals surface area (Å²) < 4.78 is 17.6. The molecule has 180 valence electrons. The van der Waals surface area contributed by atoms with Gasteiger partial charge in [-0.25, -0.2) is 4.98 Å². The Hall–Kier alpha value is -4.05. The van der Waals surface area contributed by atoms with Crippen molar-refractivity contribution in [2.75, 3.05) is 21.3 Å². The van der Waals surface area contributed by atoms with Crippen LogP contribution in [0.25, 0.3) is 10.9 Å². The van der Waals surface area contributed by atoms with Gasteiger partial charge in [-0.1, -0.05) is 36.0 Å². The lowest BCUT2D eigenvalue weighted by Gasteiger charge is -2.15. The van der Waals surface area contributed by atoms with Crippen LogP contribution < -0.4 is 19.8 Å². The molecule has 4 aromatic rings. The summed E-state index contributed by atoms with van der Waals surface area (Å²) in [6.45, 7) is 0.289. The SMILES string of the molecule is COc1ccc(Cn2c(SCc3cccc([N+](=O)[O-])c3)nc3cc(OC)c(OC)cc3c2=O)cc1. The minimum atomic E-state index is -0.429. The van der Waals surface area contributed by atoms with E-state index in [0.717, 1.165) is 16.9 Å². The molecule has 0 amide bonds. The molecule has 0 aliphatic carbocycles. The lowest BCUT2D eigenvalue weighted by Crippen LogP contribution is -2.24. The smallest absolute Gasteiger partial charge is 0.269 e. The molecule has 0 bridgehead atoms. The predicted octanol–water partition coefficient (Wildman–Crippen LogP) is 4.67. The first-order valence-corrected chi connectivity index (χ1v) is 11.6. The molecule has 3 aromatic carbocycles. The van der Waals surface area contributed by atoms with Gasteiger partial charge >= 0.3 is 0 Å². The fraction of sp³-hybridized carbons (Fsp3) is 0.200. The van der Waals surface area contributed by atoms with Gasteiger partial charge in [0.1, 0.15) is 5.75 Å². The maximum atomic E-state index is 13.6. The van der Waals surface area contributed by atoms with Gasteiger partial charge in [-0.3, -0.25) is 19.5 Å². The highest BCUT2D eigenvalue weighted by atomic mass is 32.2. The number of nitro groups is 1. The van der Waals surface area contributed by atoms with E-state index in [9.17, 15) is 14.9 Å². The summed E-state index contributed by atoms with van der Waals surface area (Å²) in [5.41, 5.74) is 1.91. The van der Waals surface area contributed by atoms with Crippen LogP contribution in [0, 0.1) is 10.1 Å². The summed E-state index contributed by atoms with van der Waals surface area (Å²) in [6, 6.07) is 17.2. The van der Waals surface area contributed by atoms with E-state index in [0.29, 0.717) is 33.3 Å². The molecule has 35 heavy (non-hydrogen) atoms. The molecule has 0 N–H and O–H groups in total. The molecular formula is C25H23N3O6S. The molecule has 1 aromatic heterocycles. The van der Waals surface area contributed by atoms with Crippen molar-refractivity contribution >= 4 is 28.4 Å². The van der Waals surface area contributed by atoms with Crippen LogP contribution in [0.15, 0.2) is 70.6 Å². The van der Waals surface area contributed by atoms with Gasteiger partial charge in [0.2, 0.25) is 0 Å². The average molecular weight is 494 g/mol. The molecule has 10 heteroatoms. The molecule has 0 aliphatic heterocycles. The monoisotopic (exact) mass is 493 g/mol. The third kappa shape index (κ3) is 5.22. The Morgan fingerprint density at radius 2 is 1.66 bits per heavy atom. The fourth-order valence-electron chi connectivity index (χ4n) is 3.60. The van der Waals surface area contributed by atoms with Crippen molar-refractivity contribution in [2.45, 2.75) is 17.5 Å². The van der Waals surface area contributed by atoms with E-state index in [1.807, 2.05) is 24.3 Å². The van der Waals surface area contributed by atoms with E-state index in [1.165, 1.54) is 38.1 Å². The van der Waals surface area contributed by atoms with Gasteiger partial charge < -0.3 is 14.2 Å². The molecule has 9 nitrogen and oxygen atoms in total. The molecular weight excluding hydrogens is 470 g/mol. The Bertz CT molecular complexity index is 1440. The average Bonchev–Trinajstić information content (AvgIpc) is 2.89. The number of hydrogen-bond acceptors (Lipinski definition) is 8. The summed E-state index contributed by atoms with van der Waals surface area (Å²) in [4.78, 5) is 29.1. The fourth-order valence-corrected chi connectivity index (χ4v) is 4.54. The zero-order valence-electron chi connectivity index (χ0n) is 19.4. The number of methoxy groups -OCH3 is 3. The zero-order chi connectivity index (χ0) is 24.9. The van der Waals surface area contributed by atoms with E-state index in [4.69, 9.17) is 19.2 Å². The number of nitrogens with zero attached hydrogens (tertiary/aromatic N) is 3. The highest BCUT2D eigenvalue weighted by Crippen LogP contribution is 2.32. The van der Waals surface area contributed by atoms with Crippen molar-refractivity contribution in [3.05, 3.63) is 92.3 Å². The van der Waals surface area contributed by atoms with Crippen LogP contribution in [0.2, 0.25) is 0 Å². The minimum absolute atomic E-state index is 0.0158. The Kier molecular flexibility index (Phi) is 7.21. The molecule has 0 atom stereocenters. The number of thioether (sulfide) groups is 1. The maximum absolute atomic E-state index is 13.6. The quantitative estimate of drug-likeness (QED) is 0.143. The van der Waals surface area contributed by atoms with Gasteiger partial charge in [-0.05, 0) is 29.3 Å². The first kappa shape index (κ1) is 24.1. The highest BCUT2D eigenvalue weighted by molar-refractivity contribution is 7.98. The Morgan fingerprint density at radius 3 is 2.31 bits per heavy atom. The lowest BCUT2D eigenvalue weighted by molar-refractivity contribution is -0.384. The van der Waals surface area contributed by atoms with Crippen LogP contribution in [-0.2, 0) is 12.3 Å². The molecule has 0 aliphatic rings. The van der Waals surface area contributed by atoms with Crippen molar-refractivity contribution in [3.8, 4) is 17.2 Å². The molecule has 0 saturated heterocycles. The predicted molar refractivity (Wildman–Crippen MR) is 134 cm³/mol. The molecule has 0 fully saturated rings. The van der Waals surface area contributed by atoms with E-state index in [1.54, 1.807) is 35.9 Å². The van der Waals surface area contributed by atoms with Crippen LogP contribution in [-0.4, -0.2) is 35.8 Å². The first-order chi connectivity index (χ1) is 16.9. The summed E-state index contributed by atoms with van der Waals surface area (Å²) in [7, 11) is 4.62.